The maximum absolute atomic E-state index is 12.6. The van der Waals surface area contributed by atoms with Crippen LogP contribution in [0.2, 0.25) is 0 Å². The van der Waals surface area contributed by atoms with Crippen molar-refractivity contribution in [3.05, 3.63) is 65.7 Å². The van der Waals surface area contributed by atoms with Gasteiger partial charge in [-0.25, -0.2) is 0 Å². The molecule has 1 N–H and O–H groups in total. The van der Waals surface area contributed by atoms with Gasteiger partial charge in [-0.1, -0.05) is 18.2 Å². The number of piperazine rings is 1. The molecule has 1 heterocycles. The number of amides is 1. The number of carbonyl (C=O) groups excluding carboxylic acids is 1. The van der Waals surface area contributed by atoms with Crippen LogP contribution in [0.3, 0.4) is 0 Å². The topological polar surface area (TPSA) is 35.6 Å². The highest BCUT2D eigenvalue weighted by Gasteiger charge is 2.30. The van der Waals surface area contributed by atoms with Crippen molar-refractivity contribution in [2.24, 2.45) is 0 Å². The van der Waals surface area contributed by atoms with E-state index < -0.39 is 11.7 Å². The van der Waals surface area contributed by atoms with Crippen molar-refractivity contribution in [2.45, 2.75) is 6.18 Å². The van der Waals surface area contributed by atoms with Gasteiger partial charge in [-0.05, 0) is 36.4 Å². The molecule has 1 aliphatic heterocycles. The lowest BCUT2D eigenvalue weighted by Gasteiger charge is -2.36. The van der Waals surface area contributed by atoms with Gasteiger partial charge in [-0.2, -0.15) is 13.2 Å². The summed E-state index contributed by atoms with van der Waals surface area (Å²) in [6.07, 6.45) is -4.39. The Morgan fingerprint density at radius 2 is 1.56 bits per heavy atom. The molecule has 144 valence electrons. The quantitative estimate of drug-likeness (QED) is 0.869. The summed E-state index contributed by atoms with van der Waals surface area (Å²) < 4.78 is 37.7. The van der Waals surface area contributed by atoms with Gasteiger partial charge in [-0.15, -0.1) is 0 Å². The fourth-order valence-corrected chi connectivity index (χ4v) is 3.11. The third-order valence-corrected chi connectivity index (χ3v) is 4.68. The Morgan fingerprint density at radius 1 is 0.926 bits per heavy atom. The lowest BCUT2D eigenvalue weighted by molar-refractivity contribution is -0.137. The first-order valence-corrected chi connectivity index (χ1v) is 8.91. The smallest absolute Gasteiger partial charge is 0.369 e. The summed E-state index contributed by atoms with van der Waals surface area (Å²) in [6, 6.07) is 14.5. The van der Waals surface area contributed by atoms with Gasteiger partial charge in [0.1, 0.15) is 0 Å². The number of hydrogen-bond donors (Lipinski definition) is 1. The van der Waals surface area contributed by atoms with Gasteiger partial charge in [0.25, 0.3) is 5.91 Å². The normalized spacial score (nSPS) is 15.6. The van der Waals surface area contributed by atoms with Crippen molar-refractivity contribution in [3.63, 3.8) is 0 Å². The molecule has 2 aromatic rings. The van der Waals surface area contributed by atoms with Gasteiger partial charge in [-0.3, -0.25) is 9.69 Å². The highest BCUT2D eigenvalue weighted by molar-refractivity contribution is 5.94. The monoisotopic (exact) mass is 377 g/mol. The lowest BCUT2D eigenvalue weighted by Crippen LogP contribution is -2.48. The third-order valence-electron chi connectivity index (χ3n) is 4.68. The van der Waals surface area contributed by atoms with E-state index in [0.717, 1.165) is 44.9 Å². The number of halogens is 3. The Kier molecular flexibility index (Phi) is 6.01. The Balaban J connectivity index is 1.41. The number of nitrogens with one attached hydrogen (secondary N) is 1. The zero-order valence-corrected chi connectivity index (χ0v) is 14.9. The number of alkyl halides is 3. The molecule has 1 aliphatic rings. The second kappa shape index (κ2) is 8.43. The van der Waals surface area contributed by atoms with Crippen LogP contribution in [0.25, 0.3) is 0 Å². The first-order valence-electron chi connectivity index (χ1n) is 8.91. The van der Waals surface area contributed by atoms with Crippen LogP contribution in [0, 0.1) is 0 Å². The van der Waals surface area contributed by atoms with Crippen LogP contribution in [-0.2, 0) is 6.18 Å². The minimum absolute atomic E-state index is 0.233. The Morgan fingerprint density at radius 3 is 2.15 bits per heavy atom. The van der Waals surface area contributed by atoms with Gasteiger partial charge in [0.05, 0.1) is 5.56 Å². The third kappa shape index (κ3) is 5.23. The fraction of sp³-hybridized carbons (Fsp3) is 0.350. The predicted molar refractivity (Wildman–Crippen MR) is 98.9 cm³/mol. The molecule has 0 aromatic heterocycles. The molecule has 0 unspecified atom stereocenters. The molecule has 4 nitrogen and oxygen atoms in total. The van der Waals surface area contributed by atoms with Gasteiger partial charge in [0.15, 0.2) is 0 Å². The molecule has 1 amide bonds. The van der Waals surface area contributed by atoms with Crippen LogP contribution < -0.4 is 10.2 Å². The number of para-hydroxylation sites is 1. The van der Waals surface area contributed by atoms with E-state index in [1.807, 2.05) is 18.2 Å². The molecule has 0 bridgehead atoms. The van der Waals surface area contributed by atoms with Crippen LogP contribution in [0.4, 0.5) is 18.9 Å². The van der Waals surface area contributed by atoms with Crippen LogP contribution in [-0.4, -0.2) is 50.1 Å². The summed E-state index contributed by atoms with van der Waals surface area (Å²) in [5, 5.41) is 2.77. The van der Waals surface area contributed by atoms with E-state index in [0.29, 0.717) is 6.54 Å². The van der Waals surface area contributed by atoms with Crippen molar-refractivity contribution in [3.8, 4) is 0 Å². The van der Waals surface area contributed by atoms with Crippen LogP contribution >= 0.6 is 0 Å². The van der Waals surface area contributed by atoms with Crippen molar-refractivity contribution in [1.29, 1.82) is 0 Å². The summed E-state index contributed by atoms with van der Waals surface area (Å²) in [4.78, 5) is 16.7. The van der Waals surface area contributed by atoms with Crippen molar-refractivity contribution >= 4 is 11.6 Å². The molecule has 2 aromatic carbocycles. The summed E-state index contributed by atoms with van der Waals surface area (Å²) in [5.74, 6) is -0.355. The van der Waals surface area contributed by atoms with Crippen LogP contribution in [0.15, 0.2) is 54.6 Å². The van der Waals surface area contributed by atoms with Gasteiger partial charge >= 0.3 is 6.18 Å². The van der Waals surface area contributed by atoms with E-state index in [9.17, 15) is 18.0 Å². The summed E-state index contributed by atoms with van der Waals surface area (Å²) >= 11 is 0. The molecular formula is C20H22F3N3O. The molecule has 3 rings (SSSR count). The van der Waals surface area contributed by atoms with Crippen LogP contribution in [0.1, 0.15) is 15.9 Å². The molecule has 27 heavy (non-hydrogen) atoms. The molecule has 0 atom stereocenters. The lowest BCUT2D eigenvalue weighted by atomic mass is 10.1. The number of benzene rings is 2. The zero-order chi connectivity index (χ0) is 19.3. The van der Waals surface area contributed by atoms with E-state index in [1.165, 1.54) is 17.8 Å². The fourth-order valence-electron chi connectivity index (χ4n) is 3.11. The highest BCUT2D eigenvalue weighted by atomic mass is 19.4. The SMILES string of the molecule is O=C(NCCN1CCN(c2ccccc2)CC1)c1ccc(C(F)(F)F)cc1. The maximum Gasteiger partial charge on any atom is 0.416 e. The predicted octanol–water partition coefficient (Wildman–Crippen LogP) is 3.26. The van der Waals surface area contributed by atoms with Gasteiger partial charge < -0.3 is 10.2 Å². The first-order chi connectivity index (χ1) is 12.9. The minimum Gasteiger partial charge on any atom is -0.369 e. The van der Waals surface area contributed by atoms with E-state index in [-0.39, 0.29) is 11.5 Å². The van der Waals surface area contributed by atoms with Crippen molar-refractivity contribution < 1.29 is 18.0 Å². The van der Waals surface area contributed by atoms with Crippen molar-refractivity contribution in [1.82, 2.24) is 10.2 Å². The van der Waals surface area contributed by atoms with Gasteiger partial charge in [0, 0.05) is 50.5 Å². The molecule has 0 radical (unpaired) electrons. The van der Waals surface area contributed by atoms with E-state index in [4.69, 9.17) is 0 Å². The molecule has 7 heteroatoms. The molecule has 0 saturated carbocycles. The standard InChI is InChI=1S/C20H22F3N3O/c21-20(22,23)17-8-6-16(7-9-17)19(27)24-10-11-25-12-14-26(15-13-25)18-4-2-1-3-5-18/h1-9H,10-15H2,(H,24,27). The Labute approximate surface area is 156 Å². The van der Waals surface area contributed by atoms with E-state index in [1.54, 1.807) is 0 Å². The van der Waals surface area contributed by atoms with Crippen molar-refractivity contribution in [2.75, 3.05) is 44.2 Å². The molecule has 1 saturated heterocycles. The summed E-state index contributed by atoms with van der Waals surface area (Å²) in [6.45, 7) is 4.85. The molecule has 0 spiro atoms. The maximum atomic E-state index is 12.6. The highest BCUT2D eigenvalue weighted by Crippen LogP contribution is 2.29. The molecular weight excluding hydrogens is 355 g/mol. The Hall–Kier alpha value is -2.54. The number of nitrogens with zero attached hydrogens (tertiary/aromatic N) is 2. The zero-order valence-electron chi connectivity index (χ0n) is 14.9. The largest absolute Gasteiger partial charge is 0.416 e. The summed E-state index contributed by atoms with van der Waals surface area (Å²) in [5.41, 5.74) is 0.694. The van der Waals surface area contributed by atoms with E-state index in [2.05, 4.69) is 27.2 Å². The first kappa shape index (κ1) is 19.2. The van der Waals surface area contributed by atoms with Crippen LogP contribution in [0.5, 0.6) is 0 Å². The summed E-state index contributed by atoms with van der Waals surface area (Å²) in [7, 11) is 0. The molecule has 0 aliphatic carbocycles. The average Bonchev–Trinajstić information content (AvgIpc) is 2.68. The number of carbonyl (C=O) groups is 1. The second-order valence-corrected chi connectivity index (χ2v) is 6.50. The number of anilines is 1. The molecule has 1 fully saturated rings. The minimum atomic E-state index is -4.39. The second-order valence-electron chi connectivity index (χ2n) is 6.50. The number of hydrogen-bond acceptors (Lipinski definition) is 3. The number of rotatable bonds is 5. The van der Waals surface area contributed by atoms with Gasteiger partial charge in [0.2, 0.25) is 0 Å². The average molecular weight is 377 g/mol. The van der Waals surface area contributed by atoms with E-state index >= 15 is 0 Å². The Bertz CT molecular complexity index is 739.